The van der Waals surface area contributed by atoms with Crippen molar-refractivity contribution in [2.24, 2.45) is 0 Å². The molecule has 0 aliphatic heterocycles. The molecule has 4 nitrogen and oxygen atoms in total. The summed E-state index contributed by atoms with van der Waals surface area (Å²) in [6.07, 6.45) is 85.0. The van der Waals surface area contributed by atoms with Crippen LogP contribution in [0.1, 0.15) is 361 Å². The number of carbonyl (C=O) groups is 1. The highest BCUT2D eigenvalue weighted by Crippen LogP contribution is 2.18. The molecule has 2 atom stereocenters. The van der Waals surface area contributed by atoms with Gasteiger partial charge in [0.15, 0.2) is 0 Å². The number of aliphatic hydroxyl groups is 2. The minimum absolute atomic E-state index is 0.0706. The van der Waals surface area contributed by atoms with E-state index in [0.717, 1.165) is 38.5 Å². The summed E-state index contributed by atoms with van der Waals surface area (Å²) in [6.45, 7) is 4.33. The van der Waals surface area contributed by atoms with Gasteiger partial charge in [-0.25, -0.2) is 0 Å². The van der Waals surface area contributed by atoms with Gasteiger partial charge in [-0.2, -0.15) is 0 Å². The zero-order valence-corrected chi connectivity index (χ0v) is 47.8. The number of hydrogen-bond donors (Lipinski definition) is 3. The first kappa shape index (κ1) is 68.6. The number of allylic oxidation sites excluding steroid dienone is 5. The molecule has 0 saturated heterocycles. The van der Waals surface area contributed by atoms with Crippen molar-refractivity contribution in [3.8, 4) is 0 Å². The van der Waals surface area contributed by atoms with Crippen LogP contribution in [-0.4, -0.2) is 34.9 Å². The van der Waals surface area contributed by atoms with Crippen molar-refractivity contribution in [2.75, 3.05) is 6.61 Å². The molecular weight excluding hydrogens is 855 g/mol. The molecule has 0 spiro atoms. The lowest BCUT2D eigenvalue weighted by Crippen LogP contribution is -2.45. The van der Waals surface area contributed by atoms with Gasteiger partial charge in [-0.1, -0.05) is 346 Å². The number of carbonyl (C=O) groups excluding carboxylic acids is 1. The molecule has 0 fully saturated rings. The van der Waals surface area contributed by atoms with Crippen LogP contribution >= 0.6 is 0 Å². The molecule has 1 amide bonds. The molecular formula is C66H127NO3. The molecule has 2 unspecified atom stereocenters. The van der Waals surface area contributed by atoms with Crippen molar-refractivity contribution < 1.29 is 15.0 Å². The quantitative estimate of drug-likeness (QED) is 0.0420. The van der Waals surface area contributed by atoms with Crippen LogP contribution in [0.3, 0.4) is 0 Å². The van der Waals surface area contributed by atoms with Crippen molar-refractivity contribution >= 4 is 5.91 Å². The standard InChI is InChI=1S/C66H127NO3/c1-3-5-7-9-11-13-15-17-19-21-23-25-27-28-29-30-31-32-33-34-35-36-37-38-39-40-42-44-46-48-50-52-54-56-58-60-62-66(70)67-64(63-68)65(69)61-59-57-55-53-51-49-47-45-43-41-26-24-22-20-18-16-14-12-10-8-6-4-2/h43,45,51,53,59,61,64-65,68-69H,3-42,44,46-50,52,54-58,60,62-63H2,1-2H3,(H,67,70)/b45-43+,53-51+,61-59+. The Hall–Kier alpha value is -1.39. The summed E-state index contributed by atoms with van der Waals surface area (Å²) in [6, 6.07) is -0.645. The number of rotatable bonds is 60. The fraction of sp³-hybridized carbons (Fsp3) is 0.894. The molecule has 0 rings (SSSR count). The van der Waals surface area contributed by atoms with Gasteiger partial charge in [-0.3, -0.25) is 4.79 Å². The summed E-state index contributed by atoms with van der Waals surface area (Å²) in [5.41, 5.74) is 0. The van der Waals surface area contributed by atoms with E-state index >= 15 is 0 Å². The maximum absolute atomic E-state index is 12.5. The molecule has 414 valence electrons. The fourth-order valence-corrected chi connectivity index (χ4v) is 10.2. The summed E-state index contributed by atoms with van der Waals surface area (Å²) in [5.74, 6) is -0.0706. The van der Waals surface area contributed by atoms with E-state index in [1.54, 1.807) is 6.08 Å². The third-order valence-corrected chi connectivity index (χ3v) is 15.1. The Morgan fingerprint density at radius 1 is 0.329 bits per heavy atom. The molecule has 4 heteroatoms. The summed E-state index contributed by atoms with van der Waals surface area (Å²) >= 11 is 0. The zero-order chi connectivity index (χ0) is 50.6. The number of amides is 1. The predicted molar refractivity (Wildman–Crippen MR) is 313 cm³/mol. The number of aliphatic hydroxyl groups excluding tert-OH is 2. The molecule has 70 heavy (non-hydrogen) atoms. The van der Waals surface area contributed by atoms with E-state index in [2.05, 4.69) is 43.5 Å². The van der Waals surface area contributed by atoms with Crippen molar-refractivity contribution in [1.29, 1.82) is 0 Å². The van der Waals surface area contributed by atoms with E-state index in [1.807, 2.05) is 6.08 Å². The predicted octanol–water partition coefficient (Wildman–Crippen LogP) is 21.6. The lowest BCUT2D eigenvalue weighted by molar-refractivity contribution is -0.123. The van der Waals surface area contributed by atoms with Crippen molar-refractivity contribution in [3.63, 3.8) is 0 Å². The Balaban J connectivity index is 3.44. The first-order chi connectivity index (χ1) is 34.7. The van der Waals surface area contributed by atoms with E-state index < -0.39 is 12.1 Å². The molecule has 0 aliphatic carbocycles. The van der Waals surface area contributed by atoms with Crippen LogP contribution in [0.25, 0.3) is 0 Å². The average Bonchev–Trinajstić information content (AvgIpc) is 3.36. The summed E-state index contributed by atoms with van der Waals surface area (Å²) in [4.78, 5) is 12.5. The van der Waals surface area contributed by atoms with Crippen LogP contribution in [0, 0.1) is 0 Å². The Morgan fingerprint density at radius 3 is 0.829 bits per heavy atom. The van der Waals surface area contributed by atoms with E-state index in [0.29, 0.717) is 6.42 Å². The average molecular weight is 983 g/mol. The van der Waals surface area contributed by atoms with Gasteiger partial charge < -0.3 is 15.5 Å². The summed E-state index contributed by atoms with van der Waals surface area (Å²) in [7, 11) is 0. The van der Waals surface area contributed by atoms with Gasteiger partial charge in [0, 0.05) is 6.42 Å². The number of nitrogens with one attached hydrogen (secondary N) is 1. The lowest BCUT2D eigenvalue weighted by atomic mass is 10.0. The van der Waals surface area contributed by atoms with E-state index in [-0.39, 0.29) is 12.5 Å². The Morgan fingerprint density at radius 2 is 0.557 bits per heavy atom. The van der Waals surface area contributed by atoms with E-state index in [9.17, 15) is 15.0 Å². The van der Waals surface area contributed by atoms with E-state index in [1.165, 1.54) is 302 Å². The van der Waals surface area contributed by atoms with Gasteiger partial charge in [0.2, 0.25) is 5.91 Å². The Bertz CT molecular complexity index is 1070. The summed E-state index contributed by atoms with van der Waals surface area (Å²) < 4.78 is 0. The molecule has 0 radical (unpaired) electrons. The Labute approximate surface area is 440 Å². The third kappa shape index (κ3) is 57.5. The van der Waals surface area contributed by atoms with Crippen molar-refractivity contribution in [3.05, 3.63) is 36.5 Å². The highest BCUT2D eigenvalue weighted by molar-refractivity contribution is 5.76. The maximum Gasteiger partial charge on any atom is 0.220 e. The van der Waals surface area contributed by atoms with Crippen molar-refractivity contribution in [1.82, 2.24) is 5.32 Å². The van der Waals surface area contributed by atoms with Gasteiger partial charge in [0.25, 0.3) is 0 Å². The normalized spacial score (nSPS) is 12.9. The van der Waals surface area contributed by atoms with E-state index in [4.69, 9.17) is 0 Å². The minimum Gasteiger partial charge on any atom is -0.394 e. The van der Waals surface area contributed by atoms with Crippen LogP contribution in [-0.2, 0) is 4.79 Å². The first-order valence-electron chi connectivity index (χ1n) is 32.2. The highest BCUT2D eigenvalue weighted by atomic mass is 16.3. The smallest absolute Gasteiger partial charge is 0.220 e. The topological polar surface area (TPSA) is 69.6 Å². The molecule has 0 aromatic heterocycles. The van der Waals surface area contributed by atoms with Gasteiger partial charge in [-0.15, -0.1) is 0 Å². The van der Waals surface area contributed by atoms with Gasteiger partial charge >= 0.3 is 0 Å². The second-order valence-corrected chi connectivity index (χ2v) is 22.2. The molecule has 0 aromatic rings. The molecule has 3 N–H and O–H groups in total. The summed E-state index contributed by atoms with van der Waals surface area (Å²) in [5, 5.41) is 23.2. The fourth-order valence-electron chi connectivity index (χ4n) is 10.2. The maximum atomic E-state index is 12.5. The monoisotopic (exact) mass is 982 g/mol. The Kier molecular flexibility index (Phi) is 60.7. The SMILES string of the molecule is CCCCCCCCCCCCCC/C=C/CC/C=C/CC/C=C/C(O)C(CO)NC(=O)CCCCCCCCCCCCCCCCCCCCCCCCCCCCCCCCCCCCCC. The lowest BCUT2D eigenvalue weighted by Gasteiger charge is -2.19. The zero-order valence-electron chi connectivity index (χ0n) is 47.8. The van der Waals surface area contributed by atoms with Gasteiger partial charge in [-0.05, 0) is 44.9 Å². The van der Waals surface area contributed by atoms with Crippen LogP contribution < -0.4 is 5.32 Å². The van der Waals surface area contributed by atoms with Crippen LogP contribution in [0.2, 0.25) is 0 Å². The van der Waals surface area contributed by atoms with Crippen LogP contribution in [0.4, 0.5) is 0 Å². The number of unbranched alkanes of at least 4 members (excludes halogenated alkanes) is 49. The van der Waals surface area contributed by atoms with Gasteiger partial charge in [0.05, 0.1) is 18.8 Å². The highest BCUT2D eigenvalue weighted by Gasteiger charge is 2.18. The van der Waals surface area contributed by atoms with Crippen LogP contribution in [0.5, 0.6) is 0 Å². The first-order valence-corrected chi connectivity index (χ1v) is 32.2. The molecule has 0 bridgehead atoms. The largest absolute Gasteiger partial charge is 0.394 e. The molecule has 0 heterocycles. The van der Waals surface area contributed by atoms with Crippen molar-refractivity contribution in [2.45, 2.75) is 373 Å². The molecule has 0 aliphatic rings. The van der Waals surface area contributed by atoms with Gasteiger partial charge in [0.1, 0.15) is 0 Å². The second-order valence-electron chi connectivity index (χ2n) is 22.2. The molecule has 0 saturated carbocycles. The van der Waals surface area contributed by atoms with Crippen LogP contribution in [0.15, 0.2) is 36.5 Å². The third-order valence-electron chi connectivity index (χ3n) is 15.1. The molecule has 0 aromatic carbocycles. The minimum atomic E-state index is -0.869. The second kappa shape index (κ2) is 61.9. The number of hydrogen-bond acceptors (Lipinski definition) is 3.